The molecule has 0 amide bonds. The van der Waals surface area contributed by atoms with Crippen molar-refractivity contribution in [3.8, 4) is 11.5 Å². The molecule has 22 heavy (non-hydrogen) atoms. The molecule has 0 unspecified atom stereocenters. The van der Waals surface area contributed by atoms with E-state index in [-0.39, 0.29) is 0 Å². The summed E-state index contributed by atoms with van der Waals surface area (Å²) in [5.74, 6) is 1.53. The van der Waals surface area contributed by atoms with Crippen LogP contribution in [0.15, 0.2) is 30.3 Å². The van der Waals surface area contributed by atoms with Crippen molar-refractivity contribution < 1.29 is 9.47 Å². The van der Waals surface area contributed by atoms with Crippen molar-refractivity contribution in [3.05, 3.63) is 58.1 Å². The summed E-state index contributed by atoms with van der Waals surface area (Å²) in [5, 5.41) is 3.50. The minimum Gasteiger partial charge on any atom is -0.493 e. The zero-order valence-electron chi connectivity index (χ0n) is 14.1. The van der Waals surface area contributed by atoms with E-state index in [1.54, 1.807) is 14.2 Å². The molecule has 3 nitrogen and oxygen atoms in total. The maximum atomic E-state index is 5.34. The van der Waals surface area contributed by atoms with Gasteiger partial charge >= 0.3 is 0 Å². The average Bonchev–Trinajstić information content (AvgIpc) is 2.52. The Hall–Kier alpha value is -2.00. The molecule has 2 aromatic rings. The number of methoxy groups -OCH3 is 2. The highest BCUT2D eigenvalue weighted by molar-refractivity contribution is 5.43. The van der Waals surface area contributed by atoms with E-state index >= 15 is 0 Å². The highest BCUT2D eigenvalue weighted by Gasteiger charge is 2.05. The lowest BCUT2D eigenvalue weighted by molar-refractivity contribution is 0.354. The van der Waals surface area contributed by atoms with Gasteiger partial charge in [-0.1, -0.05) is 18.2 Å². The zero-order chi connectivity index (χ0) is 16.1. The van der Waals surface area contributed by atoms with Crippen molar-refractivity contribution >= 4 is 0 Å². The van der Waals surface area contributed by atoms with Gasteiger partial charge in [0.15, 0.2) is 11.5 Å². The molecule has 0 atom stereocenters. The minimum absolute atomic E-state index is 0.760. The number of ether oxygens (including phenoxy) is 2. The molecule has 0 spiro atoms. The highest BCUT2D eigenvalue weighted by Crippen LogP contribution is 2.27. The van der Waals surface area contributed by atoms with E-state index in [4.69, 9.17) is 9.47 Å². The van der Waals surface area contributed by atoms with Gasteiger partial charge in [0.1, 0.15) is 0 Å². The van der Waals surface area contributed by atoms with E-state index in [1.807, 2.05) is 12.1 Å². The van der Waals surface area contributed by atoms with Gasteiger partial charge in [0, 0.05) is 13.1 Å². The van der Waals surface area contributed by atoms with Crippen molar-refractivity contribution in [3.63, 3.8) is 0 Å². The third kappa shape index (κ3) is 3.80. The van der Waals surface area contributed by atoms with Gasteiger partial charge in [-0.15, -0.1) is 0 Å². The molecule has 0 aliphatic rings. The Labute approximate surface area is 133 Å². The maximum Gasteiger partial charge on any atom is 0.161 e. The Balaban J connectivity index is 2.01. The van der Waals surface area contributed by atoms with Gasteiger partial charge in [-0.2, -0.15) is 0 Å². The molecule has 0 heterocycles. The molecular formula is C19H25NO2. The van der Waals surface area contributed by atoms with Crippen LogP contribution in [-0.4, -0.2) is 14.2 Å². The van der Waals surface area contributed by atoms with Crippen molar-refractivity contribution in [2.24, 2.45) is 0 Å². The molecule has 0 saturated heterocycles. The van der Waals surface area contributed by atoms with Gasteiger partial charge in [0.05, 0.1) is 14.2 Å². The lowest BCUT2D eigenvalue weighted by Gasteiger charge is -2.12. The lowest BCUT2D eigenvalue weighted by Crippen LogP contribution is -2.14. The van der Waals surface area contributed by atoms with Crippen LogP contribution in [0.4, 0.5) is 0 Å². The molecule has 0 radical (unpaired) electrons. The first-order chi connectivity index (χ1) is 10.5. The van der Waals surface area contributed by atoms with Gasteiger partial charge < -0.3 is 14.8 Å². The molecule has 2 rings (SSSR count). The monoisotopic (exact) mass is 299 g/mol. The predicted octanol–water partition coefficient (Wildman–Crippen LogP) is 3.92. The van der Waals surface area contributed by atoms with Crippen molar-refractivity contribution in [1.82, 2.24) is 5.32 Å². The second-order valence-electron chi connectivity index (χ2n) is 5.66. The van der Waals surface area contributed by atoms with E-state index in [2.05, 4.69) is 44.3 Å². The van der Waals surface area contributed by atoms with Crippen molar-refractivity contribution in [2.45, 2.75) is 33.9 Å². The summed E-state index contributed by atoms with van der Waals surface area (Å²) in [4.78, 5) is 0. The van der Waals surface area contributed by atoms with Crippen LogP contribution >= 0.6 is 0 Å². The Kier molecular flexibility index (Phi) is 5.45. The lowest BCUT2D eigenvalue weighted by atomic mass is 10.0. The number of hydrogen-bond donors (Lipinski definition) is 1. The van der Waals surface area contributed by atoms with Gasteiger partial charge in [-0.3, -0.25) is 0 Å². The second kappa shape index (κ2) is 7.32. The fourth-order valence-corrected chi connectivity index (χ4v) is 2.54. The molecule has 118 valence electrons. The summed E-state index contributed by atoms with van der Waals surface area (Å²) in [6.45, 7) is 8.14. The molecule has 3 heteroatoms. The van der Waals surface area contributed by atoms with Gasteiger partial charge in [-0.25, -0.2) is 0 Å². The fraction of sp³-hybridized carbons (Fsp3) is 0.368. The smallest absolute Gasteiger partial charge is 0.161 e. The summed E-state index contributed by atoms with van der Waals surface area (Å²) >= 11 is 0. The van der Waals surface area contributed by atoms with Crippen LogP contribution in [0.25, 0.3) is 0 Å². The first-order valence-electron chi connectivity index (χ1n) is 7.53. The Morgan fingerprint density at radius 2 is 1.45 bits per heavy atom. The first kappa shape index (κ1) is 16.4. The quantitative estimate of drug-likeness (QED) is 0.877. The van der Waals surface area contributed by atoms with Crippen LogP contribution in [0, 0.1) is 20.8 Å². The summed E-state index contributed by atoms with van der Waals surface area (Å²) in [6.07, 6.45) is 0. The largest absolute Gasteiger partial charge is 0.493 e. The summed E-state index contributed by atoms with van der Waals surface area (Å²) in [5.41, 5.74) is 6.56. The van der Waals surface area contributed by atoms with Crippen LogP contribution in [-0.2, 0) is 13.1 Å². The molecule has 2 aromatic carbocycles. The first-order valence-corrected chi connectivity index (χ1v) is 7.53. The molecule has 0 fully saturated rings. The van der Waals surface area contributed by atoms with Gasteiger partial charge in [-0.05, 0) is 60.7 Å². The predicted molar refractivity (Wildman–Crippen MR) is 90.7 cm³/mol. The summed E-state index contributed by atoms with van der Waals surface area (Å²) < 4.78 is 10.6. The standard InChI is InChI=1S/C19H25NO2/c1-13-8-15(3)17(9-14(13)2)12-20-11-16-6-7-18(21-4)19(10-16)22-5/h6-10,20H,11-12H2,1-5H3. The molecule has 0 saturated carbocycles. The van der Waals surface area contributed by atoms with Crippen molar-refractivity contribution in [1.29, 1.82) is 0 Å². The SMILES string of the molecule is COc1ccc(CNCc2cc(C)c(C)cc2C)cc1OC. The van der Waals surface area contributed by atoms with Crippen LogP contribution in [0.1, 0.15) is 27.8 Å². The minimum atomic E-state index is 0.760. The molecule has 0 aromatic heterocycles. The van der Waals surface area contributed by atoms with Crippen molar-refractivity contribution in [2.75, 3.05) is 14.2 Å². The zero-order valence-corrected chi connectivity index (χ0v) is 14.1. The fourth-order valence-electron chi connectivity index (χ4n) is 2.54. The molecule has 1 N–H and O–H groups in total. The molecular weight excluding hydrogens is 274 g/mol. The molecule has 0 aliphatic carbocycles. The van der Waals surface area contributed by atoms with E-state index in [9.17, 15) is 0 Å². The number of rotatable bonds is 6. The normalized spacial score (nSPS) is 10.6. The third-order valence-electron chi connectivity index (χ3n) is 4.04. The number of benzene rings is 2. The van der Waals surface area contributed by atoms with E-state index in [0.717, 1.165) is 24.6 Å². The number of hydrogen-bond acceptors (Lipinski definition) is 3. The maximum absolute atomic E-state index is 5.34. The Bertz CT molecular complexity index is 650. The third-order valence-corrected chi connectivity index (χ3v) is 4.04. The summed E-state index contributed by atoms with van der Waals surface area (Å²) in [7, 11) is 3.31. The molecule has 0 bridgehead atoms. The number of nitrogens with one attached hydrogen (secondary N) is 1. The highest BCUT2D eigenvalue weighted by atomic mass is 16.5. The average molecular weight is 299 g/mol. The van der Waals surface area contributed by atoms with Crippen LogP contribution in [0.3, 0.4) is 0 Å². The van der Waals surface area contributed by atoms with Crippen LogP contribution < -0.4 is 14.8 Å². The Morgan fingerprint density at radius 3 is 2.14 bits per heavy atom. The molecule has 0 aliphatic heterocycles. The topological polar surface area (TPSA) is 30.5 Å². The van der Waals surface area contributed by atoms with Crippen LogP contribution in [0.5, 0.6) is 11.5 Å². The second-order valence-corrected chi connectivity index (χ2v) is 5.66. The summed E-state index contributed by atoms with van der Waals surface area (Å²) in [6, 6.07) is 10.5. The van der Waals surface area contributed by atoms with E-state index in [1.165, 1.54) is 27.8 Å². The number of aryl methyl sites for hydroxylation is 3. The van der Waals surface area contributed by atoms with E-state index in [0.29, 0.717) is 0 Å². The Morgan fingerprint density at radius 1 is 0.773 bits per heavy atom. The van der Waals surface area contributed by atoms with Gasteiger partial charge in [0.2, 0.25) is 0 Å². The van der Waals surface area contributed by atoms with E-state index < -0.39 is 0 Å². The van der Waals surface area contributed by atoms with Crippen LogP contribution in [0.2, 0.25) is 0 Å². The van der Waals surface area contributed by atoms with Gasteiger partial charge in [0.25, 0.3) is 0 Å².